The molecule has 1 aliphatic carbocycles. The maximum absolute atomic E-state index is 2.67. The largest absolute Gasteiger partial charge is 0.375 e. The van der Waals surface area contributed by atoms with Crippen LogP contribution in [0.3, 0.4) is 0 Å². The Hall–Kier alpha value is -0.460. The molecule has 1 saturated carbocycles. The Labute approximate surface area is 94.5 Å². The van der Waals surface area contributed by atoms with Gasteiger partial charge in [0.15, 0.2) is 0 Å². The Morgan fingerprint density at radius 3 is 2.07 bits per heavy atom. The van der Waals surface area contributed by atoms with Gasteiger partial charge < -0.3 is 4.90 Å². The van der Waals surface area contributed by atoms with Gasteiger partial charge in [0.2, 0.25) is 0 Å². The van der Waals surface area contributed by atoms with Crippen molar-refractivity contribution in [2.75, 3.05) is 13.1 Å². The number of likely N-dealkylation sites (tertiary alicyclic amines) is 1. The van der Waals surface area contributed by atoms with Crippen LogP contribution in [-0.2, 0) is 0 Å². The van der Waals surface area contributed by atoms with E-state index in [0.717, 1.165) is 0 Å². The highest BCUT2D eigenvalue weighted by molar-refractivity contribution is 5.20. The molecule has 2 rings (SSSR count). The van der Waals surface area contributed by atoms with Crippen LogP contribution in [0.1, 0.15) is 59.3 Å². The van der Waals surface area contributed by atoms with Crippen molar-refractivity contribution >= 4 is 0 Å². The molecule has 0 N–H and O–H groups in total. The summed E-state index contributed by atoms with van der Waals surface area (Å²) >= 11 is 0. The highest BCUT2D eigenvalue weighted by Gasteiger charge is 2.25. The van der Waals surface area contributed by atoms with E-state index in [9.17, 15) is 0 Å². The zero-order chi connectivity index (χ0) is 10.9. The Balaban J connectivity index is 2.09. The van der Waals surface area contributed by atoms with Crippen LogP contribution < -0.4 is 0 Å². The zero-order valence-corrected chi connectivity index (χ0v) is 10.6. The zero-order valence-electron chi connectivity index (χ0n) is 10.6. The third-order valence-electron chi connectivity index (χ3n) is 3.55. The van der Waals surface area contributed by atoms with Crippen molar-refractivity contribution in [3.63, 3.8) is 0 Å². The monoisotopic (exact) mass is 207 g/mol. The SMILES string of the molecule is CC(C)(C)CC(=C1CCC1)N1CCCC1. The van der Waals surface area contributed by atoms with Crippen molar-refractivity contribution in [3.05, 3.63) is 11.3 Å². The second-order valence-electron chi connectivity index (χ2n) is 6.34. The molecular formula is C14H25N. The first-order chi connectivity index (χ1) is 7.06. The molecule has 0 aromatic carbocycles. The molecule has 0 bridgehead atoms. The van der Waals surface area contributed by atoms with E-state index in [1.165, 1.54) is 51.6 Å². The van der Waals surface area contributed by atoms with Crippen LogP contribution in [0, 0.1) is 5.41 Å². The fraction of sp³-hybridized carbons (Fsp3) is 0.857. The van der Waals surface area contributed by atoms with Crippen molar-refractivity contribution < 1.29 is 0 Å². The predicted octanol–water partition coefficient (Wildman–Crippen LogP) is 3.96. The summed E-state index contributed by atoms with van der Waals surface area (Å²) in [5, 5.41) is 0. The van der Waals surface area contributed by atoms with E-state index < -0.39 is 0 Å². The van der Waals surface area contributed by atoms with Gasteiger partial charge in [0.05, 0.1) is 0 Å². The third-order valence-corrected chi connectivity index (χ3v) is 3.55. The maximum atomic E-state index is 2.67. The molecule has 15 heavy (non-hydrogen) atoms. The summed E-state index contributed by atoms with van der Waals surface area (Å²) < 4.78 is 0. The molecular weight excluding hydrogens is 182 g/mol. The Kier molecular flexibility index (Phi) is 3.08. The molecule has 0 atom stereocenters. The molecule has 1 heteroatoms. The first kappa shape index (κ1) is 11.0. The van der Waals surface area contributed by atoms with E-state index in [1.807, 2.05) is 0 Å². The summed E-state index contributed by atoms with van der Waals surface area (Å²) in [5.41, 5.74) is 3.93. The number of hydrogen-bond donors (Lipinski definition) is 0. The number of allylic oxidation sites excluding steroid dienone is 2. The minimum atomic E-state index is 0.445. The average Bonchev–Trinajstić information content (AvgIpc) is 2.47. The normalized spacial score (nSPS) is 21.8. The van der Waals surface area contributed by atoms with E-state index in [1.54, 1.807) is 11.3 Å². The second kappa shape index (κ2) is 4.19. The second-order valence-corrected chi connectivity index (χ2v) is 6.34. The molecule has 0 unspecified atom stereocenters. The molecule has 1 aliphatic heterocycles. The van der Waals surface area contributed by atoms with Gasteiger partial charge in [0.1, 0.15) is 0 Å². The summed E-state index contributed by atoms with van der Waals surface area (Å²) in [7, 11) is 0. The third kappa shape index (κ3) is 2.76. The van der Waals surface area contributed by atoms with Gasteiger partial charge >= 0.3 is 0 Å². The summed E-state index contributed by atoms with van der Waals surface area (Å²) in [6.45, 7) is 9.72. The average molecular weight is 207 g/mol. The molecule has 0 spiro atoms. The summed E-state index contributed by atoms with van der Waals surface area (Å²) in [6, 6.07) is 0. The van der Waals surface area contributed by atoms with Gasteiger partial charge in [-0.2, -0.15) is 0 Å². The Morgan fingerprint density at radius 1 is 1.07 bits per heavy atom. The van der Waals surface area contributed by atoms with Crippen molar-refractivity contribution in [3.8, 4) is 0 Å². The van der Waals surface area contributed by atoms with E-state index in [-0.39, 0.29) is 0 Å². The summed E-state index contributed by atoms with van der Waals surface area (Å²) in [6.07, 6.45) is 8.27. The van der Waals surface area contributed by atoms with Crippen LogP contribution in [0.15, 0.2) is 11.3 Å². The molecule has 0 aromatic rings. The molecule has 0 amide bonds. The fourth-order valence-electron chi connectivity index (χ4n) is 2.59. The van der Waals surface area contributed by atoms with Crippen molar-refractivity contribution in [1.82, 2.24) is 4.90 Å². The maximum Gasteiger partial charge on any atom is 0.0175 e. The summed E-state index contributed by atoms with van der Waals surface area (Å²) in [5.74, 6) is 0. The lowest BCUT2D eigenvalue weighted by atomic mass is 9.83. The lowest BCUT2D eigenvalue weighted by Gasteiger charge is -2.33. The predicted molar refractivity (Wildman–Crippen MR) is 65.8 cm³/mol. The van der Waals surface area contributed by atoms with Crippen LogP contribution in [0.4, 0.5) is 0 Å². The van der Waals surface area contributed by atoms with Crippen molar-refractivity contribution in [1.29, 1.82) is 0 Å². The van der Waals surface area contributed by atoms with Crippen LogP contribution in [0.25, 0.3) is 0 Å². The number of rotatable bonds is 2. The standard InChI is InChI=1S/C14H25N/c1-14(2,3)11-13(12-7-6-8-12)15-9-4-5-10-15/h4-11H2,1-3H3. The highest BCUT2D eigenvalue weighted by Crippen LogP contribution is 2.37. The van der Waals surface area contributed by atoms with Gasteiger partial charge in [-0.05, 0) is 43.9 Å². The molecule has 1 saturated heterocycles. The molecule has 0 aromatic heterocycles. The molecule has 2 fully saturated rings. The Bertz CT molecular complexity index is 245. The van der Waals surface area contributed by atoms with Crippen molar-refractivity contribution in [2.45, 2.75) is 59.3 Å². The minimum absolute atomic E-state index is 0.445. The topological polar surface area (TPSA) is 3.24 Å². The van der Waals surface area contributed by atoms with Crippen molar-refractivity contribution in [2.24, 2.45) is 5.41 Å². The van der Waals surface area contributed by atoms with E-state index in [2.05, 4.69) is 25.7 Å². The Morgan fingerprint density at radius 2 is 1.67 bits per heavy atom. The highest BCUT2D eigenvalue weighted by atomic mass is 15.2. The van der Waals surface area contributed by atoms with Gasteiger partial charge in [-0.25, -0.2) is 0 Å². The number of hydrogen-bond acceptors (Lipinski definition) is 1. The lowest BCUT2D eigenvalue weighted by molar-refractivity contribution is 0.316. The van der Waals surface area contributed by atoms with Gasteiger partial charge in [-0.15, -0.1) is 0 Å². The lowest BCUT2D eigenvalue weighted by Crippen LogP contribution is -2.25. The molecule has 86 valence electrons. The fourth-order valence-corrected chi connectivity index (χ4v) is 2.59. The molecule has 0 radical (unpaired) electrons. The van der Waals surface area contributed by atoms with E-state index >= 15 is 0 Å². The summed E-state index contributed by atoms with van der Waals surface area (Å²) in [4.78, 5) is 2.67. The van der Waals surface area contributed by atoms with Crippen LogP contribution in [0.5, 0.6) is 0 Å². The van der Waals surface area contributed by atoms with E-state index in [0.29, 0.717) is 5.41 Å². The first-order valence-electron chi connectivity index (χ1n) is 6.52. The van der Waals surface area contributed by atoms with Gasteiger partial charge in [-0.1, -0.05) is 26.3 Å². The van der Waals surface area contributed by atoms with Crippen LogP contribution in [0.2, 0.25) is 0 Å². The van der Waals surface area contributed by atoms with Gasteiger partial charge in [0.25, 0.3) is 0 Å². The van der Waals surface area contributed by atoms with E-state index in [4.69, 9.17) is 0 Å². The quantitative estimate of drug-likeness (QED) is 0.662. The minimum Gasteiger partial charge on any atom is -0.375 e. The van der Waals surface area contributed by atoms with Crippen LogP contribution in [-0.4, -0.2) is 18.0 Å². The molecule has 1 heterocycles. The molecule has 1 nitrogen and oxygen atoms in total. The molecule has 2 aliphatic rings. The van der Waals surface area contributed by atoms with Gasteiger partial charge in [-0.3, -0.25) is 0 Å². The van der Waals surface area contributed by atoms with Gasteiger partial charge in [0, 0.05) is 18.8 Å². The first-order valence-corrected chi connectivity index (χ1v) is 6.52. The van der Waals surface area contributed by atoms with Crippen LogP contribution >= 0.6 is 0 Å². The smallest absolute Gasteiger partial charge is 0.0175 e. The number of nitrogens with zero attached hydrogens (tertiary/aromatic N) is 1.